The van der Waals surface area contributed by atoms with E-state index in [2.05, 4.69) is 78.1 Å². The molecule has 0 aliphatic rings. The number of guanidine groups is 1. The van der Waals surface area contributed by atoms with Gasteiger partial charge < -0.3 is 102 Å². The normalized spacial score (nSPS) is 15.0. The zero-order valence-corrected chi connectivity index (χ0v) is 47.9. The Balaban J connectivity index is 6.41. The number of hydrogen-bond donors (Lipinski definition) is 21. The number of primary amides is 1. The van der Waals surface area contributed by atoms with Crippen molar-refractivity contribution in [2.45, 2.75) is 139 Å². The molecule has 464 valence electrons. The quantitative estimate of drug-likeness (QED) is 0.0117. The highest BCUT2D eigenvalue weighted by atomic mass is 32.2. The van der Waals surface area contributed by atoms with Gasteiger partial charge in [0.2, 0.25) is 65.0 Å². The summed E-state index contributed by atoms with van der Waals surface area (Å²) >= 11 is 9.53. The molecule has 82 heavy (non-hydrogen) atoms. The monoisotopic (exact) mass is 1230 g/mol. The van der Waals surface area contributed by atoms with E-state index in [0.717, 1.165) is 6.92 Å². The molecule has 0 saturated carbocycles. The summed E-state index contributed by atoms with van der Waals surface area (Å²) in [5.41, 5.74) is 21.8. The molecule has 23 N–H and O–H groups in total. The third-order valence-corrected chi connectivity index (χ3v) is 12.5. The second-order valence-corrected chi connectivity index (χ2v) is 20.3. The van der Waals surface area contributed by atoms with Gasteiger partial charge in [0.25, 0.3) is 0 Å². The second-order valence-electron chi connectivity index (χ2n) is 18.5. The molecule has 0 aromatic heterocycles. The van der Waals surface area contributed by atoms with Crippen molar-refractivity contribution >= 4 is 126 Å². The molecule has 0 aromatic rings. The van der Waals surface area contributed by atoms with Gasteiger partial charge in [-0.1, -0.05) is 13.8 Å². The van der Waals surface area contributed by atoms with Gasteiger partial charge in [-0.2, -0.15) is 37.0 Å². The molecule has 0 saturated heterocycles. The predicted octanol–water partition coefficient (Wildman–Crippen LogP) is -8.82. The van der Waals surface area contributed by atoms with E-state index < -0.39 is 188 Å². The molecule has 34 nitrogen and oxygen atoms in total. The first kappa shape index (κ1) is 74.8. The third-order valence-electron chi connectivity index (χ3n) is 11.2. The van der Waals surface area contributed by atoms with Gasteiger partial charge in [0.1, 0.15) is 54.4 Å². The predicted molar refractivity (Wildman–Crippen MR) is 298 cm³/mol. The Bertz CT molecular complexity index is 2280. The Hall–Kier alpha value is -7.22. The van der Waals surface area contributed by atoms with Crippen molar-refractivity contribution in [1.29, 1.82) is 0 Å². The molecule has 0 heterocycles. The van der Waals surface area contributed by atoms with Gasteiger partial charge in [0.05, 0.1) is 38.1 Å². The van der Waals surface area contributed by atoms with Crippen LogP contribution in [-0.4, -0.2) is 224 Å². The molecule has 0 unspecified atom stereocenters. The number of carboxylic acids is 3. The Labute approximate surface area is 485 Å². The number of hydrogen-bond acceptors (Lipinski definition) is 21. The zero-order valence-electron chi connectivity index (χ0n) is 45.3. The number of aliphatic hydroxyl groups is 2. The van der Waals surface area contributed by atoms with Gasteiger partial charge in [0.15, 0.2) is 5.96 Å². The minimum Gasteiger partial charge on any atom is -0.481 e. The first-order chi connectivity index (χ1) is 38.3. The number of thiol groups is 2. The molecule has 0 spiro atoms. The van der Waals surface area contributed by atoms with Crippen molar-refractivity contribution in [3.05, 3.63) is 0 Å². The van der Waals surface area contributed by atoms with Crippen LogP contribution in [0.1, 0.15) is 72.1 Å². The van der Waals surface area contributed by atoms with Gasteiger partial charge in [-0.25, -0.2) is 0 Å². The number of carboxylic acid groups (broad SMARTS) is 3. The molecule has 0 fully saturated rings. The summed E-state index contributed by atoms with van der Waals surface area (Å²) in [6.07, 6.45) is -3.31. The summed E-state index contributed by atoms with van der Waals surface area (Å²) in [5.74, 6) is -17.8. The number of amides is 11. The van der Waals surface area contributed by atoms with Crippen LogP contribution in [0.2, 0.25) is 0 Å². The summed E-state index contributed by atoms with van der Waals surface area (Å²) in [4.78, 5) is 183. The Morgan fingerprint density at radius 1 is 0.537 bits per heavy atom. The maximum Gasteiger partial charge on any atom is 0.305 e. The van der Waals surface area contributed by atoms with E-state index in [0.29, 0.717) is 5.75 Å². The lowest BCUT2D eigenvalue weighted by molar-refractivity contribution is -0.142. The number of thioether (sulfide) groups is 1. The number of aliphatic imine (C=N–C) groups is 1. The molecule has 0 bridgehead atoms. The number of nitrogens with one attached hydrogen (secondary N) is 10. The molecule has 0 radical (unpaired) electrons. The van der Waals surface area contributed by atoms with Crippen LogP contribution < -0.4 is 76.1 Å². The summed E-state index contributed by atoms with van der Waals surface area (Å²) in [5, 5.41) is 71.1. The zero-order chi connectivity index (χ0) is 63.0. The van der Waals surface area contributed by atoms with Crippen LogP contribution in [0.25, 0.3) is 0 Å². The van der Waals surface area contributed by atoms with E-state index in [9.17, 15) is 87.5 Å². The minimum atomic E-state index is -2.11. The van der Waals surface area contributed by atoms with Crippen molar-refractivity contribution in [3.63, 3.8) is 0 Å². The van der Waals surface area contributed by atoms with E-state index in [-0.39, 0.29) is 56.3 Å². The number of nitrogens with two attached hydrogens (primary N) is 4. The topological polar surface area (TPSA) is 577 Å². The molecule has 11 amide bonds. The average Bonchev–Trinajstić information content (AvgIpc) is 3.38. The van der Waals surface area contributed by atoms with Gasteiger partial charge >= 0.3 is 17.9 Å². The van der Waals surface area contributed by atoms with Gasteiger partial charge in [-0.3, -0.25) is 72.1 Å². The van der Waals surface area contributed by atoms with E-state index in [1.165, 1.54) is 11.8 Å². The van der Waals surface area contributed by atoms with Crippen molar-refractivity contribution in [1.82, 2.24) is 53.2 Å². The number of carbonyl (C=O) groups excluding carboxylic acids is 11. The fraction of sp³-hybridized carbons (Fsp3) is 0.667. The highest BCUT2D eigenvalue weighted by Crippen LogP contribution is 2.10. The van der Waals surface area contributed by atoms with Gasteiger partial charge in [-0.05, 0) is 57.0 Å². The minimum absolute atomic E-state index is 0.0347. The van der Waals surface area contributed by atoms with Crippen LogP contribution >= 0.6 is 37.0 Å². The van der Waals surface area contributed by atoms with E-state index in [1.807, 2.05) is 5.32 Å². The number of aliphatic hydroxyl groups excluding tert-OH is 2. The Morgan fingerprint density at radius 3 is 1.46 bits per heavy atom. The highest BCUT2D eigenvalue weighted by Gasteiger charge is 2.37. The number of aliphatic carboxylic acids is 3. The van der Waals surface area contributed by atoms with Crippen molar-refractivity contribution in [3.8, 4) is 0 Å². The third kappa shape index (κ3) is 30.0. The van der Waals surface area contributed by atoms with Gasteiger partial charge in [0, 0.05) is 24.5 Å². The number of carbonyl (C=O) groups is 14. The van der Waals surface area contributed by atoms with Crippen LogP contribution in [-0.2, 0) is 67.1 Å². The lowest BCUT2D eigenvalue weighted by Crippen LogP contribution is -2.62. The summed E-state index contributed by atoms with van der Waals surface area (Å²) in [7, 11) is 0. The smallest absolute Gasteiger partial charge is 0.305 e. The first-order valence-electron chi connectivity index (χ1n) is 25.1. The van der Waals surface area contributed by atoms with Crippen LogP contribution in [0, 0.1) is 5.92 Å². The molecule has 0 rings (SSSR count). The molecular weight excluding hydrogens is 1150 g/mol. The van der Waals surface area contributed by atoms with E-state index in [1.54, 1.807) is 20.1 Å². The Morgan fingerprint density at radius 2 is 0.988 bits per heavy atom. The van der Waals surface area contributed by atoms with Crippen LogP contribution in [0.5, 0.6) is 0 Å². The lowest BCUT2D eigenvalue weighted by atomic mass is 10.0. The fourth-order valence-electron chi connectivity index (χ4n) is 6.85. The summed E-state index contributed by atoms with van der Waals surface area (Å²) in [6.45, 7) is 2.22. The van der Waals surface area contributed by atoms with Gasteiger partial charge in [-0.15, -0.1) is 0 Å². The average molecular weight is 1230 g/mol. The largest absolute Gasteiger partial charge is 0.481 e. The lowest BCUT2D eigenvalue weighted by Gasteiger charge is -2.28. The summed E-state index contributed by atoms with van der Waals surface area (Å²) in [6, 6.07) is -16.5. The maximum absolute atomic E-state index is 13.8. The first-order valence-corrected chi connectivity index (χ1v) is 27.7. The molecule has 11 atom stereocenters. The maximum atomic E-state index is 13.8. The molecule has 0 aliphatic heterocycles. The second kappa shape index (κ2) is 39.3. The van der Waals surface area contributed by atoms with Crippen molar-refractivity contribution in [2.75, 3.05) is 43.2 Å². The van der Waals surface area contributed by atoms with E-state index >= 15 is 0 Å². The van der Waals surface area contributed by atoms with E-state index in [4.69, 9.17) is 28.0 Å². The van der Waals surface area contributed by atoms with Crippen molar-refractivity contribution in [2.24, 2.45) is 33.8 Å². The SMILES string of the molecule is CSCC[C@H](N)C(=O)N[C@@H](CC(=O)O)C(=O)N[C@@H](CS)C(=O)N[C@@H](CCCN=C(N)N)C(=O)N[C@@H](CO)C(=O)N[C@@H](CC(=O)O)C(=O)N[C@H](C(=O)N[C@@H](CC(C)C)C(=O)N[C@@H](CS)C(=O)NCC(=O)N[C@@H](CCC(=O)O)C(N)=O)[C@@H](C)O. The number of nitrogens with zero attached hydrogens (tertiary/aromatic N) is 1. The van der Waals surface area contributed by atoms with Crippen molar-refractivity contribution < 1.29 is 92.7 Å². The molecule has 0 aromatic carbocycles. The molecule has 37 heteroatoms. The summed E-state index contributed by atoms with van der Waals surface area (Å²) < 4.78 is 0. The Kier molecular flexibility index (Phi) is 35.8. The molecular formula is C45H77N15O19S3. The van der Waals surface area contributed by atoms with Crippen LogP contribution in [0.3, 0.4) is 0 Å². The highest BCUT2D eigenvalue weighted by molar-refractivity contribution is 7.98. The fourth-order valence-corrected chi connectivity index (χ4v) is 7.86. The molecule has 0 aliphatic carbocycles. The standard InChI is InChI=1S/C45H77N15O19S3/c1-19(2)12-24(39(74)58-28(17-80)37(72)51-15-30(63)52-22(35(47)70)7-8-31(64)65)56-44(79)34(20(3)62)60-41(76)26(14-33(68)69)55-42(77)27(16-61)57-38(73)23(6-5-10-50-45(48)49)53-43(78)29(18-81)59-40(75)25(13-32(66)67)54-36(71)21(46)9-11-82-4/h19-29,34,61-62,80-81H,5-18,46H2,1-4H3,(H2,47,70)(H,51,72)(H,52,63)(H,53,78)(H,54,71)(H,55,77)(H,56,79)(H,57,73)(H,58,74)(H,59,75)(H,60,76)(H,64,65)(H,66,67)(H,68,69)(H4,48,49,50)/t20-,21+,22+,23+,24+,25+,26+,27+,28+,29+,34+/m1/s1. The number of rotatable bonds is 41. The van der Waals surface area contributed by atoms with Crippen LogP contribution in [0.15, 0.2) is 4.99 Å². The van der Waals surface area contributed by atoms with Crippen LogP contribution in [0.4, 0.5) is 0 Å².